The molecule has 6 nitrogen and oxygen atoms in total. The molecule has 2 aromatic carbocycles. The molecule has 2 heterocycles. The third-order valence-electron chi connectivity index (χ3n) is 4.62. The molecule has 0 radical (unpaired) electrons. The highest BCUT2D eigenvalue weighted by atomic mass is 16.5. The first-order valence-electron chi connectivity index (χ1n) is 8.88. The smallest absolute Gasteiger partial charge is 0.321 e. The molecule has 1 aromatic heterocycles. The van der Waals surface area contributed by atoms with Crippen LogP contribution in [0.15, 0.2) is 53.1 Å². The minimum Gasteiger partial charge on any atom is -0.497 e. The number of fused-ring (bicyclic) bond motifs is 1. The minimum absolute atomic E-state index is 0.438. The largest absolute Gasteiger partial charge is 0.497 e. The van der Waals surface area contributed by atoms with Crippen LogP contribution in [-0.2, 0) is 6.42 Å². The lowest BCUT2D eigenvalue weighted by Gasteiger charge is -2.31. The highest BCUT2D eigenvalue weighted by molar-refractivity contribution is 5.58. The molecule has 0 spiro atoms. The Morgan fingerprint density at radius 3 is 3.04 bits per heavy atom. The molecule has 0 aliphatic carbocycles. The maximum Gasteiger partial charge on any atom is 0.321 e. The molecule has 134 valence electrons. The van der Waals surface area contributed by atoms with Gasteiger partial charge in [-0.1, -0.05) is 35.5 Å². The van der Waals surface area contributed by atoms with E-state index < -0.39 is 0 Å². The fourth-order valence-corrected chi connectivity index (χ4v) is 3.32. The predicted octanol–water partition coefficient (Wildman–Crippen LogP) is 3.61. The van der Waals surface area contributed by atoms with Crippen LogP contribution in [0.25, 0.3) is 11.4 Å². The fraction of sp³-hybridized carbons (Fsp3) is 0.300. The van der Waals surface area contributed by atoms with Gasteiger partial charge in [0.15, 0.2) is 0 Å². The molecule has 3 aromatic rings. The van der Waals surface area contributed by atoms with Crippen molar-refractivity contribution in [3.05, 3.63) is 54.1 Å². The maximum absolute atomic E-state index is 5.32. The number of aryl methyl sites for hydroxylation is 1. The lowest BCUT2D eigenvalue weighted by atomic mass is 10.0. The molecule has 4 rings (SSSR count). The molecular formula is C20H22N4O2. The van der Waals surface area contributed by atoms with Crippen molar-refractivity contribution in [2.24, 2.45) is 0 Å². The third kappa shape index (κ3) is 3.49. The zero-order valence-corrected chi connectivity index (χ0v) is 14.8. The van der Waals surface area contributed by atoms with E-state index >= 15 is 0 Å². The Bertz CT molecular complexity index is 878. The normalized spacial score (nSPS) is 13.3. The Hall–Kier alpha value is -3.02. The van der Waals surface area contributed by atoms with Crippen molar-refractivity contribution in [2.75, 3.05) is 37.0 Å². The second-order valence-electron chi connectivity index (χ2n) is 6.30. The van der Waals surface area contributed by atoms with Crippen molar-refractivity contribution in [2.45, 2.75) is 12.8 Å². The summed E-state index contributed by atoms with van der Waals surface area (Å²) in [5.74, 6) is 1.32. The number of nitrogens with zero attached hydrogens (tertiary/aromatic N) is 3. The van der Waals surface area contributed by atoms with Gasteiger partial charge in [0.2, 0.25) is 5.82 Å². The van der Waals surface area contributed by atoms with E-state index in [2.05, 4.69) is 44.6 Å². The number of benzene rings is 2. The van der Waals surface area contributed by atoms with Crippen molar-refractivity contribution >= 4 is 11.7 Å². The molecule has 0 bridgehead atoms. The Morgan fingerprint density at radius 1 is 1.19 bits per heavy atom. The number of aromatic nitrogens is 2. The van der Waals surface area contributed by atoms with Gasteiger partial charge in [-0.3, -0.25) is 0 Å². The summed E-state index contributed by atoms with van der Waals surface area (Å²) in [6.45, 7) is 2.72. The van der Waals surface area contributed by atoms with Crippen LogP contribution in [0.3, 0.4) is 0 Å². The summed E-state index contributed by atoms with van der Waals surface area (Å²) in [7, 11) is 1.64. The molecule has 0 saturated carbocycles. The average molecular weight is 350 g/mol. The van der Waals surface area contributed by atoms with E-state index in [0.717, 1.165) is 37.4 Å². The number of para-hydroxylation sites is 1. The first-order valence-corrected chi connectivity index (χ1v) is 8.88. The van der Waals surface area contributed by atoms with E-state index in [1.54, 1.807) is 7.11 Å². The van der Waals surface area contributed by atoms with Crippen molar-refractivity contribution < 1.29 is 9.26 Å². The van der Waals surface area contributed by atoms with Crippen LogP contribution < -0.4 is 15.0 Å². The van der Waals surface area contributed by atoms with Crippen LogP contribution in [0, 0.1) is 0 Å². The Morgan fingerprint density at radius 2 is 2.12 bits per heavy atom. The van der Waals surface area contributed by atoms with Gasteiger partial charge in [0.05, 0.1) is 7.11 Å². The van der Waals surface area contributed by atoms with Crippen LogP contribution >= 0.6 is 0 Å². The first kappa shape index (κ1) is 16.4. The van der Waals surface area contributed by atoms with Crippen LogP contribution in [0.4, 0.5) is 11.7 Å². The van der Waals surface area contributed by atoms with E-state index in [0.29, 0.717) is 11.8 Å². The van der Waals surface area contributed by atoms with Crippen LogP contribution in [0.2, 0.25) is 0 Å². The van der Waals surface area contributed by atoms with Crippen molar-refractivity contribution in [1.29, 1.82) is 0 Å². The summed E-state index contributed by atoms with van der Waals surface area (Å²) in [4.78, 5) is 6.83. The minimum atomic E-state index is 0.438. The lowest BCUT2D eigenvalue weighted by Crippen LogP contribution is -2.33. The van der Waals surface area contributed by atoms with Crippen LogP contribution in [-0.4, -0.2) is 36.9 Å². The van der Waals surface area contributed by atoms with Crippen LogP contribution in [0.1, 0.15) is 12.0 Å². The summed E-state index contributed by atoms with van der Waals surface area (Å²) in [5, 5.41) is 7.27. The van der Waals surface area contributed by atoms with Gasteiger partial charge < -0.3 is 19.5 Å². The molecule has 0 amide bonds. The van der Waals surface area contributed by atoms with E-state index in [4.69, 9.17) is 9.26 Å². The highest BCUT2D eigenvalue weighted by Crippen LogP contribution is 2.26. The molecule has 0 atom stereocenters. The van der Waals surface area contributed by atoms with Gasteiger partial charge in [-0.15, -0.1) is 0 Å². The number of methoxy groups -OCH3 is 1. The summed E-state index contributed by atoms with van der Waals surface area (Å²) < 4.78 is 10.6. The predicted molar refractivity (Wildman–Crippen MR) is 102 cm³/mol. The van der Waals surface area contributed by atoms with Crippen molar-refractivity contribution in [3.8, 4) is 17.1 Å². The van der Waals surface area contributed by atoms with Gasteiger partial charge in [0.1, 0.15) is 5.75 Å². The van der Waals surface area contributed by atoms with Gasteiger partial charge in [-0.2, -0.15) is 4.98 Å². The Labute approximate surface area is 152 Å². The molecule has 1 N–H and O–H groups in total. The van der Waals surface area contributed by atoms with E-state index in [-0.39, 0.29) is 0 Å². The molecule has 0 saturated heterocycles. The number of ether oxygens (including phenoxy) is 1. The van der Waals surface area contributed by atoms with Gasteiger partial charge in [-0.05, 0) is 36.6 Å². The summed E-state index contributed by atoms with van der Waals surface area (Å²) in [6, 6.07) is 16.7. The molecule has 0 unspecified atom stereocenters. The summed E-state index contributed by atoms with van der Waals surface area (Å²) in [6.07, 6.45) is 2.35. The Balaban J connectivity index is 1.37. The summed E-state index contributed by atoms with van der Waals surface area (Å²) in [5.41, 5.74) is 3.63. The third-order valence-corrected chi connectivity index (χ3v) is 4.62. The quantitative estimate of drug-likeness (QED) is 0.733. The zero-order chi connectivity index (χ0) is 17.8. The standard InChI is InChI=1S/C20H22N4O2/c1-25-17-9-4-7-16(14-17)19-22-20(26-23-19)21-11-13-24-12-5-8-15-6-2-3-10-18(15)24/h2-4,6-7,9-10,14H,5,8,11-13H2,1H3,(H,21,22,23). The lowest BCUT2D eigenvalue weighted by molar-refractivity contribution is 0.414. The maximum atomic E-state index is 5.32. The molecule has 1 aliphatic rings. The van der Waals surface area contributed by atoms with Crippen LogP contribution in [0.5, 0.6) is 5.75 Å². The second kappa shape index (κ2) is 7.47. The molecule has 6 heteroatoms. The van der Waals surface area contributed by atoms with Crippen molar-refractivity contribution in [1.82, 2.24) is 10.1 Å². The van der Waals surface area contributed by atoms with E-state index in [9.17, 15) is 0 Å². The number of anilines is 2. The number of nitrogens with one attached hydrogen (secondary N) is 1. The van der Waals surface area contributed by atoms with Gasteiger partial charge >= 0.3 is 6.01 Å². The fourth-order valence-electron chi connectivity index (χ4n) is 3.32. The second-order valence-corrected chi connectivity index (χ2v) is 6.30. The number of hydrogen-bond donors (Lipinski definition) is 1. The zero-order valence-electron chi connectivity index (χ0n) is 14.8. The van der Waals surface area contributed by atoms with Crippen molar-refractivity contribution in [3.63, 3.8) is 0 Å². The SMILES string of the molecule is COc1cccc(-c2noc(NCCN3CCCc4ccccc43)n2)c1. The van der Waals surface area contributed by atoms with E-state index in [1.807, 2.05) is 24.3 Å². The Kier molecular flexibility index (Phi) is 4.73. The molecule has 1 aliphatic heterocycles. The monoisotopic (exact) mass is 350 g/mol. The molecular weight excluding hydrogens is 328 g/mol. The van der Waals surface area contributed by atoms with Gasteiger partial charge in [0.25, 0.3) is 0 Å². The number of rotatable bonds is 6. The van der Waals surface area contributed by atoms with Gasteiger partial charge in [-0.25, -0.2) is 0 Å². The topological polar surface area (TPSA) is 63.4 Å². The summed E-state index contributed by atoms with van der Waals surface area (Å²) >= 11 is 0. The average Bonchev–Trinajstić information content (AvgIpc) is 3.17. The number of hydrogen-bond acceptors (Lipinski definition) is 6. The first-order chi connectivity index (χ1) is 12.8. The highest BCUT2D eigenvalue weighted by Gasteiger charge is 2.16. The van der Waals surface area contributed by atoms with E-state index in [1.165, 1.54) is 17.7 Å². The van der Waals surface area contributed by atoms with Gasteiger partial charge in [0, 0.05) is 30.9 Å². The molecule has 26 heavy (non-hydrogen) atoms. The molecule has 0 fully saturated rings.